The first-order valence-corrected chi connectivity index (χ1v) is 8.31. The van der Waals surface area contributed by atoms with Gasteiger partial charge in [-0.05, 0) is 30.5 Å². The maximum atomic E-state index is 12.2. The van der Waals surface area contributed by atoms with Gasteiger partial charge in [-0.3, -0.25) is 4.79 Å². The van der Waals surface area contributed by atoms with Crippen molar-refractivity contribution in [2.75, 3.05) is 6.79 Å². The summed E-state index contributed by atoms with van der Waals surface area (Å²) >= 11 is 0. The number of fused-ring (bicyclic) bond motifs is 1. The van der Waals surface area contributed by atoms with Crippen LogP contribution in [0.3, 0.4) is 0 Å². The highest BCUT2D eigenvalue weighted by Gasteiger charge is 2.34. The molecule has 2 aromatic rings. The van der Waals surface area contributed by atoms with E-state index in [-0.39, 0.29) is 31.3 Å². The third kappa shape index (κ3) is 3.05. The Balaban J connectivity index is 1.29. The monoisotopic (exact) mass is 344 g/mol. The summed E-state index contributed by atoms with van der Waals surface area (Å²) in [5.74, 6) is 3.11. The van der Waals surface area contributed by atoms with Crippen LogP contribution in [-0.2, 0) is 24.9 Å². The lowest BCUT2D eigenvalue weighted by molar-refractivity contribution is -0.121. The van der Waals surface area contributed by atoms with Crippen LogP contribution in [0.2, 0.25) is 0 Å². The van der Waals surface area contributed by atoms with Gasteiger partial charge in [-0.2, -0.15) is 0 Å². The maximum absolute atomic E-state index is 12.2. The minimum Gasteiger partial charge on any atom is -0.454 e. The lowest BCUT2D eigenvalue weighted by Crippen LogP contribution is -2.44. The molecular weight excluding hydrogens is 324 g/mol. The van der Waals surface area contributed by atoms with E-state index in [9.17, 15) is 9.90 Å². The lowest BCUT2D eigenvalue weighted by Gasteiger charge is -2.35. The molecule has 1 saturated carbocycles. The fraction of sp³-hybridized carbons (Fsp3) is 0.471. The Morgan fingerprint density at radius 2 is 2.12 bits per heavy atom. The second kappa shape index (κ2) is 6.36. The van der Waals surface area contributed by atoms with Crippen molar-refractivity contribution in [1.29, 1.82) is 0 Å². The van der Waals surface area contributed by atoms with E-state index in [4.69, 9.17) is 9.47 Å². The van der Waals surface area contributed by atoms with Gasteiger partial charge in [0.2, 0.25) is 12.7 Å². The van der Waals surface area contributed by atoms with E-state index in [0.717, 1.165) is 30.0 Å². The van der Waals surface area contributed by atoms with Crippen LogP contribution < -0.4 is 14.8 Å². The number of rotatable bonds is 5. The molecule has 0 unspecified atom stereocenters. The van der Waals surface area contributed by atoms with Gasteiger partial charge in [0.25, 0.3) is 0 Å². The largest absolute Gasteiger partial charge is 0.454 e. The van der Waals surface area contributed by atoms with Crippen LogP contribution in [0, 0.1) is 0 Å². The molecule has 8 nitrogen and oxygen atoms in total. The molecule has 0 bridgehead atoms. The summed E-state index contributed by atoms with van der Waals surface area (Å²) in [5.41, 5.74) is 0.901. The third-order valence-corrected chi connectivity index (χ3v) is 4.81. The minimum atomic E-state index is -0.119. The summed E-state index contributed by atoms with van der Waals surface area (Å²) in [5, 5.41) is 20.3. The number of ether oxygens (including phenoxy) is 2. The number of amides is 1. The second-order valence-electron chi connectivity index (χ2n) is 6.49. The van der Waals surface area contributed by atoms with E-state index in [2.05, 4.69) is 15.5 Å². The van der Waals surface area contributed by atoms with E-state index in [1.54, 1.807) is 0 Å². The van der Waals surface area contributed by atoms with Crippen molar-refractivity contribution in [2.24, 2.45) is 7.05 Å². The third-order valence-electron chi connectivity index (χ3n) is 4.81. The molecule has 2 aliphatic rings. The summed E-state index contributed by atoms with van der Waals surface area (Å²) in [4.78, 5) is 12.2. The van der Waals surface area contributed by atoms with Gasteiger partial charge in [-0.15, -0.1) is 10.2 Å². The van der Waals surface area contributed by atoms with Crippen molar-refractivity contribution in [3.05, 3.63) is 35.4 Å². The first kappa shape index (κ1) is 15.9. The summed E-state index contributed by atoms with van der Waals surface area (Å²) in [7, 11) is 1.85. The highest BCUT2D eigenvalue weighted by Crippen LogP contribution is 2.36. The van der Waals surface area contributed by atoms with Crippen LogP contribution in [-0.4, -0.2) is 38.6 Å². The molecule has 25 heavy (non-hydrogen) atoms. The Kier molecular flexibility index (Phi) is 4.04. The zero-order valence-corrected chi connectivity index (χ0v) is 13.9. The predicted molar refractivity (Wildman–Crippen MR) is 87.1 cm³/mol. The van der Waals surface area contributed by atoms with E-state index in [0.29, 0.717) is 18.0 Å². The van der Waals surface area contributed by atoms with Crippen LogP contribution in [0.4, 0.5) is 0 Å². The van der Waals surface area contributed by atoms with Gasteiger partial charge in [0.1, 0.15) is 12.4 Å². The number of aromatic nitrogens is 3. The molecule has 0 spiro atoms. The fourth-order valence-corrected chi connectivity index (χ4v) is 3.33. The molecule has 1 aliphatic carbocycles. The van der Waals surface area contributed by atoms with Crippen molar-refractivity contribution >= 4 is 5.91 Å². The molecule has 132 valence electrons. The van der Waals surface area contributed by atoms with Gasteiger partial charge in [0.05, 0.1) is 6.42 Å². The summed E-state index contributed by atoms with van der Waals surface area (Å²) in [6, 6.07) is 5.71. The van der Waals surface area contributed by atoms with Gasteiger partial charge >= 0.3 is 0 Å². The summed E-state index contributed by atoms with van der Waals surface area (Å²) in [6.45, 7) is 0.112. The number of aliphatic hydroxyl groups excluding tert-OH is 1. The molecule has 2 N–H and O–H groups in total. The Labute approximate surface area is 144 Å². The average Bonchev–Trinajstić information content (AvgIpc) is 3.16. The SMILES string of the molecule is Cn1c(CO)nnc1C1CC(NC(=O)Cc2ccc3c(c2)OCO3)C1. The first-order chi connectivity index (χ1) is 12.1. The molecule has 1 aromatic heterocycles. The van der Waals surface area contributed by atoms with Gasteiger partial charge in [-0.1, -0.05) is 6.07 Å². The van der Waals surface area contributed by atoms with Crippen LogP contribution in [0.15, 0.2) is 18.2 Å². The van der Waals surface area contributed by atoms with Crippen LogP contribution in [0.5, 0.6) is 11.5 Å². The number of carbonyl (C=O) groups excluding carboxylic acids is 1. The number of benzene rings is 1. The molecular formula is C17H20N4O4. The minimum absolute atomic E-state index is 0.00340. The topological polar surface area (TPSA) is 98.5 Å². The number of nitrogens with zero attached hydrogens (tertiary/aromatic N) is 3. The average molecular weight is 344 g/mol. The summed E-state index contributed by atoms with van der Waals surface area (Å²) in [6.07, 6.45) is 1.99. The molecule has 1 aromatic carbocycles. The first-order valence-electron chi connectivity index (χ1n) is 8.31. The lowest BCUT2D eigenvalue weighted by atomic mass is 9.79. The Morgan fingerprint density at radius 3 is 2.88 bits per heavy atom. The van der Waals surface area contributed by atoms with Gasteiger partial charge in [0, 0.05) is 19.0 Å². The second-order valence-corrected chi connectivity index (χ2v) is 6.49. The zero-order chi connectivity index (χ0) is 17.4. The van der Waals surface area contributed by atoms with Gasteiger partial charge < -0.3 is 24.5 Å². The number of carbonyl (C=O) groups is 1. The van der Waals surface area contributed by atoms with Crippen LogP contribution in [0.1, 0.15) is 36.0 Å². The number of nitrogens with one attached hydrogen (secondary N) is 1. The fourth-order valence-electron chi connectivity index (χ4n) is 3.33. The Morgan fingerprint density at radius 1 is 1.32 bits per heavy atom. The van der Waals surface area contributed by atoms with E-state index in [1.807, 2.05) is 29.8 Å². The maximum Gasteiger partial charge on any atom is 0.231 e. The van der Waals surface area contributed by atoms with Crippen molar-refractivity contribution in [2.45, 2.75) is 37.8 Å². The number of aliphatic hydroxyl groups is 1. The molecule has 4 rings (SSSR count). The van der Waals surface area contributed by atoms with Gasteiger partial charge in [0.15, 0.2) is 17.3 Å². The van der Waals surface area contributed by atoms with E-state index < -0.39 is 0 Å². The molecule has 0 saturated heterocycles. The molecule has 0 radical (unpaired) electrons. The quantitative estimate of drug-likeness (QED) is 0.826. The van der Waals surface area contributed by atoms with Crippen LogP contribution in [0.25, 0.3) is 0 Å². The number of hydrogen-bond donors (Lipinski definition) is 2. The van der Waals surface area contributed by atoms with Crippen molar-refractivity contribution in [3.8, 4) is 11.5 Å². The highest BCUT2D eigenvalue weighted by molar-refractivity contribution is 5.79. The normalized spacial score (nSPS) is 21.0. The highest BCUT2D eigenvalue weighted by atomic mass is 16.7. The molecule has 2 heterocycles. The molecule has 1 aliphatic heterocycles. The zero-order valence-electron chi connectivity index (χ0n) is 13.9. The standard InChI is InChI=1S/C17H20N4O4/c1-21-15(8-22)19-20-17(21)11-6-12(7-11)18-16(23)5-10-2-3-13-14(4-10)25-9-24-13/h2-4,11-12,22H,5-9H2,1H3,(H,18,23). The van der Waals surface area contributed by atoms with Crippen molar-refractivity contribution in [3.63, 3.8) is 0 Å². The van der Waals surface area contributed by atoms with E-state index >= 15 is 0 Å². The predicted octanol–water partition coefficient (Wildman–Crippen LogP) is 0.641. The van der Waals surface area contributed by atoms with Gasteiger partial charge in [-0.25, -0.2) is 0 Å². The Hall–Kier alpha value is -2.61. The molecule has 1 fully saturated rings. The molecule has 8 heteroatoms. The molecule has 1 amide bonds. The number of hydrogen-bond acceptors (Lipinski definition) is 6. The Bertz CT molecular complexity index is 798. The van der Waals surface area contributed by atoms with Crippen molar-refractivity contribution in [1.82, 2.24) is 20.1 Å². The molecule has 0 atom stereocenters. The van der Waals surface area contributed by atoms with Crippen molar-refractivity contribution < 1.29 is 19.4 Å². The summed E-state index contributed by atoms with van der Waals surface area (Å²) < 4.78 is 12.4. The van der Waals surface area contributed by atoms with E-state index in [1.165, 1.54) is 0 Å². The van der Waals surface area contributed by atoms with Crippen LogP contribution >= 0.6 is 0 Å². The smallest absolute Gasteiger partial charge is 0.231 e.